The zero-order chi connectivity index (χ0) is 16.3. The van der Waals surface area contributed by atoms with Crippen molar-refractivity contribution in [3.8, 4) is 0 Å². The van der Waals surface area contributed by atoms with Crippen molar-refractivity contribution >= 4 is 5.78 Å². The molecule has 0 bridgehead atoms. The molecule has 2 aromatic rings. The number of carbonyl (C=O) groups excluding carboxylic acids is 1. The van der Waals surface area contributed by atoms with E-state index in [4.69, 9.17) is 0 Å². The SMILES string of the molecule is C=C(C)CC(C(C)=O)(c1ccc(C)cc1)c1ccc(C)cc1. The molecule has 0 unspecified atom stereocenters. The smallest absolute Gasteiger partial charge is 0.145 e. The van der Waals surface area contributed by atoms with Crippen molar-refractivity contribution in [1.82, 2.24) is 0 Å². The van der Waals surface area contributed by atoms with E-state index in [1.165, 1.54) is 11.1 Å². The number of aryl methyl sites for hydroxylation is 2. The zero-order valence-electron chi connectivity index (χ0n) is 13.9. The van der Waals surface area contributed by atoms with Crippen molar-refractivity contribution in [2.75, 3.05) is 0 Å². The van der Waals surface area contributed by atoms with E-state index < -0.39 is 5.41 Å². The standard InChI is InChI=1S/C21H24O/c1-15(2)14-21(18(5)22,19-10-6-16(3)7-11-19)20-12-8-17(4)9-13-20/h6-13H,1,14H2,2-5H3. The van der Waals surface area contributed by atoms with Crippen LogP contribution in [0.3, 0.4) is 0 Å². The van der Waals surface area contributed by atoms with E-state index in [2.05, 4.69) is 69.0 Å². The number of rotatable bonds is 5. The number of Topliss-reactive ketones (excluding diaryl/α,β-unsaturated/α-hetero) is 1. The Hall–Kier alpha value is -2.15. The van der Waals surface area contributed by atoms with Gasteiger partial charge in [0.15, 0.2) is 0 Å². The lowest BCUT2D eigenvalue weighted by Crippen LogP contribution is -2.36. The van der Waals surface area contributed by atoms with Crippen LogP contribution in [-0.4, -0.2) is 5.78 Å². The molecule has 0 spiro atoms. The van der Waals surface area contributed by atoms with Gasteiger partial charge >= 0.3 is 0 Å². The monoisotopic (exact) mass is 292 g/mol. The topological polar surface area (TPSA) is 17.1 Å². The fourth-order valence-electron chi connectivity index (χ4n) is 3.03. The molecule has 0 N–H and O–H groups in total. The number of allylic oxidation sites excluding steroid dienone is 1. The Bertz CT molecular complexity index is 629. The van der Waals surface area contributed by atoms with Crippen molar-refractivity contribution < 1.29 is 4.79 Å². The molecule has 2 aromatic carbocycles. The maximum Gasteiger partial charge on any atom is 0.145 e. The van der Waals surface area contributed by atoms with E-state index >= 15 is 0 Å². The summed E-state index contributed by atoms with van der Waals surface area (Å²) in [6, 6.07) is 16.6. The average molecular weight is 292 g/mol. The number of carbonyl (C=O) groups is 1. The quantitative estimate of drug-likeness (QED) is 0.697. The van der Waals surface area contributed by atoms with Crippen LogP contribution in [0.4, 0.5) is 0 Å². The summed E-state index contributed by atoms with van der Waals surface area (Å²) in [7, 11) is 0. The van der Waals surface area contributed by atoms with Gasteiger partial charge in [-0.15, -0.1) is 6.58 Å². The van der Waals surface area contributed by atoms with E-state index in [-0.39, 0.29) is 5.78 Å². The summed E-state index contributed by atoms with van der Waals surface area (Å²) in [5, 5.41) is 0. The summed E-state index contributed by atoms with van der Waals surface area (Å²) < 4.78 is 0. The fraction of sp³-hybridized carbons (Fsp3) is 0.286. The minimum Gasteiger partial charge on any atom is -0.299 e. The van der Waals surface area contributed by atoms with Gasteiger partial charge in [0.2, 0.25) is 0 Å². The molecular formula is C21H24O. The Morgan fingerprint density at radius 3 is 1.50 bits per heavy atom. The van der Waals surface area contributed by atoms with Gasteiger partial charge in [-0.1, -0.05) is 65.2 Å². The van der Waals surface area contributed by atoms with Crippen molar-refractivity contribution in [2.24, 2.45) is 0 Å². The van der Waals surface area contributed by atoms with Gasteiger partial charge in [0, 0.05) is 0 Å². The van der Waals surface area contributed by atoms with Crippen LogP contribution in [0.25, 0.3) is 0 Å². The van der Waals surface area contributed by atoms with Crippen LogP contribution in [0.15, 0.2) is 60.7 Å². The van der Waals surface area contributed by atoms with E-state index in [9.17, 15) is 4.79 Å². The van der Waals surface area contributed by atoms with Crippen LogP contribution in [0.2, 0.25) is 0 Å². The molecule has 1 heteroatoms. The van der Waals surface area contributed by atoms with Gasteiger partial charge in [0.05, 0.1) is 5.41 Å². The largest absolute Gasteiger partial charge is 0.299 e. The first kappa shape index (κ1) is 16.2. The lowest BCUT2D eigenvalue weighted by atomic mass is 9.68. The van der Waals surface area contributed by atoms with Crippen molar-refractivity contribution in [3.05, 3.63) is 82.9 Å². The molecule has 2 rings (SSSR count). The van der Waals surface area contributed by atoms with Crippen LogP contribution in [-0.2, 0) is 10.2 Å². The van der Waals surface area contributed by atoms with Gasteiger partial charge in [-0.2, -0.15) is 0 Å². The van der Waals surface area contributed by atoms with Crippen LogP contribution >= 0.6 is 0 Å². The Morgan fingerprint density at radius 1 is 0.864 bits per heavy atom. The maximum atomic E-state index is 12.7. The summed E-state index contributed by atoms with van der Waals surface area (Å²) in [4.78, 5) is 12.7. The minimum atomic E-state index is -0.646. The minimum absolute atomic E-state index is 0.156. The van der Waals surface area contributed by atoms with Gasteiger partial charge < -0.3 is 0 Å². The number of hydrogen-bond donors (Lipinski definition) is 0. The molecule has 0 heterocycles. The molecule has 0 fully saturated rings. The van der Waals surface area contributed by atoms with Crippen molar-refractivity contribution in [1.29, 1.82) is 0 Å². The van der Waals surface area contributed by atoms with Crippen molar-refractivity contribution in [3.63, 3.8) is 0 Å². The predicted octanol–water partition coefficient (Wildman–Crippen LogP) is 5.14. The predicted molar refractivity (Wildman–Crippen MR) is 93.3 cm³/mol. The highest BCUT2D eigenvalue weighted by Crippen LogP contribution is 2.39. The molecule has 22 heavy (non-hydrogen) atoms. The lowest BCUT2D eigenvalue weighted by molar-refractivity contribution is -0.121. The second kappa shape index (κ2) is 6.31. The molecule has 0 aromatic heterocycles. The van der Waals surface area contributed by atoms with Gasteiger partial charge in [-0.05, 0) is 45.2 Å². The Balaban J connectivity index is 2.70. The van der Waals surface area contributed by atoms with E-state index in [1.54, 1.807) is 6.92 Å². The Labute approximate surface area is 133 Å². The summed E-state index contributed by atoms with van der Waals surface area (Å²) in [6.07, 6.45) is 0.633. The highest BCUT2D eigenvalue weighted by molar-refractivity contribution is 5.92. The first-order chi connectivity index (χ1) is 10.4. The Kier molecular flexibility index (Phi) is 4.65. The first-order valence-electron chi connectivity index (χ1n) is 7.66. The van der Waals surface area contributed by atoms with Gasteiger partial charge in [-0.25, -0.2) is 0 Å². The van der Waals surface area contributed by atoms with Crippen LogP contribution in [0.5, 0.6) is 0 Å². The molecule has 0 radical (unpaired) electrons. The van der Waals surface area contributed by atoms with Crippen LogP contribution < -0.4 is 0 Å². The number of benzene rings is 2. The third-order valence-electron chi connectivity index (χ3n) is 4.26. The molecule has 0 aliphatic heterocycles. The molecule has 0 saturated carbocycles. The number of ketones is 1. The molecule has 0 aliphatic carbocycles. The summed E-state index contributed by atoms with van der Waals surface area (Å²) in [5.41, 5.74) is 4.83. The van der Waals surface area contributed by atoms with Gasteiger partial charge in [-0.3, -0.25) is 4.79 Å². The molecule has 114 valence electrons. The lowest BCUT2D eigenvalue weighted by Gasteiger charge is -2.33. The number of hydrogen-bond acceptors (Lipinski definition) is 1. The average Bonchev–Trinajstić information content (AvgIpc) is 2.46. The first-order valence-corrected chi connectivity index (χ1v) is 7.66. The third kappa shape index (κ3) is 3.04. The van der Waals surface area contributed by atoms with Crippen molar-refractivity contribution in [2.45, 2.75) is 39.5 Å². The van der Waals surface area contributed by atoms with Gasteiger partial charge in [0.1, 0.15) is 5.78 Å². The molecule has 0 aliphatic rings. The molecule has 0 saturated heterocycles. The molecule has 0 amide bonds. The molecular weight excluding hydrogens is 268 g/mol. The second-order valence-corrected chi connectivity index (χ2v) is 6.33. The van der Waals surface area contributed by atoms with E-state index in [0.29, 0.717) is 6.42 Å². The third-order valence-corrected chi connectivity index (χ3v) is 4.26. The van der Waals surface area contributed by atoms with Crippen LogP contribution in [0, 0.1) is 13.8 Å². The zero-order valence-corrected chi connectivity index (χ0v) is 13.9. The maximum absolute atomic E-state index is 12.7. The van der Waals surface area contributed by atoms with E-state index in [1.807, 2.05) is 6.92 Å². The van der Waals surface area contributed by atoms with Crippen LogP contribution in [0.1, 0.15) is 42.5 Å². The molecule has 1 nitrogen and oxygen atoms in total. The summed E-state index contributed by atoms with van der Waals surface area (Å²) in [6.45, 7) is 11.8. The highest BCUT2D eigenvalue weighted by atomic mass is 16.1. The normalized spacial score (nSPS) is 11.3. The second-order valence-electron chi connectivity index (χ2n) is 6.33. The highest BCUT2D eigenvalue weighted by Gasteiger charge is 2.39. The van der Waals surface area contributed by atoms with E-state index in [0.717, 1.165) is 16.7 Å². The Morgan fingerprint density at radius 2 is 1.23 bits per heavy atom. The summed E-state index contributed by atoms with van der Waals surface area (Å²) >= 11 is 0. The summed E-state index contributed by atoms with van der Waals surface area (Å²) in [5.74, 6) is 0.156. The van der Waals surface area contributed by atoms with Gasteiger partial charge in [0.25, 0.3) is 0 Å². The molecule has 0 atom stereocenters. The fourth-order valence-corrected chi connectivity index (χ4v) is 3.03.